The van der Waals surface area contributed by atoms with E-state index in [1.165, 1.54) is 12.1 Å². The summed E-state index contributed by atoms with van der Waals surface area (Å²) < 4.78 is 43.9. The average molecular weight is 366 g/mol. The minimum atomic E-state index is -4.47. The van der Waals surface area contributed by atoms with Gasteiger partial charge in [0.1, 0.15) is 5.75 Å². The Bertz CT molecular complexity index is 759. The molecule has 0 heterocycles. The lowest BCUT2D eigenvalue weighted by Crippen LogP contribution is -2.29. The van der Waals surface area contributed by atoms with Gasteiger partial charge in [0.15, 0.2) is 6.10 Å². The van der Waals surface area contributed by atoms with Crippen LogP contribution in [0.1, 0.15) is 37.5 Å². The molecule has 0 amide bonds. The summed E-state index contributed by atoms with van der Waals surface area (Å²) >= 11 is 0. The normalized spacial score (nSPS) is 13.3. The van der Waals surface area contributed by atoms with Crippen LogP contribution >= 0.6 is 0 Å². The Balaban J connectivity index is 2.16. The fraction of sp³-hybridized carbons (Fsp3) is 0.350. The summed E-state index contributed by atoms with van der Waals surface area (Å²) in [5, 5.41) is 9.36. The lowest BCUT2D eigenvalue weighted by molar-refractivity contribution is -0.145. The van der Waals surface area contributed by atoms with Crippen LogP contribution in [0.4, 0.5) is 13.2 Å². The van der Waals surface area contributed by atoms with Crippen LogP contribution in [0.15, 0.2) is 48.5 Å². The molecule has 140 valence electrons. The largest absolute Gasteiger partial charge is 0.478 e. The molecule has 0 saturated carbocycles. The maximum absolute atomic E-state index is 12.8. The number of carboxylic acid groups (broad SMARTS) is 1. The molecular formula is C20H21F3O3. The summed E-state index contributed by atoms with van der Waals surface area (Å²) in [5.74, 6) is -0.875. The third-order valence-electron chi connectivity index (χ3n) is 3.95. The second-order valence-electron chi connectivity index (χ2n) is 7.12. The van der Waals surface area contributed by atoms with Crippen LogP contribution in [0.5, 0.6) is 5.75 Å². The Hall–Kier alpha value is -2.50. The molecule has 2 aromatic carbocycles. The number of aliphatic carboxylic acids is 1. The fourth-order valence-electron chi connectivity index (χ4n) is 2.47. The Morgan fingerprint density at radius 2 is 1.65 bits per heavy atom. The number of carboxylic acids is 1. The summed E-state index contributed by atoms with van der Waals surface area (Å²) in [4.78, 5) is 11.5. The average Bonchev–Trinajstić information content (AvgIpc) is 2.53. The number of hydrogen-bond donors (Lipinski definition) is 1. The lowest BCUT2D eigenvalue weighted by Gasteiger charge is -2.20. The monoisotopic (exact) mass is 366 g/mol. The number of benzene rings is 2. The van der Waals surface area contributed by atoms with Gasteiger partial charge in [-0.2, -0.15) is 13.2 Å². The first-order chi connectivity index (χ1) is 12.0. The van der Waals surface area contributed by atoms with Crippen LogP contribution in [0.25, 0.3) is 0 Å². The van der Waals surface area contributed by atoms with E-state index in [1.54, 1.807) is 12.1 Å². The van der Waals surface area contributed by atoms with Crippen molar-refractivity contribution in [3.05, 3.63) is 65.2 Å². The number of alkyl halides is 3. The molecule has 0 fully saturated rings. The van der Waals surface area contributed by atoms with Crippen LogP contribution in [0.2, 0.25) is 0 Å². The van der Waals surface area contributed by atoms with E-state index in [2.05, 4.69) is 20.8 Å². The lowest BCUT2D eigenvalue weighted by atomic mass is 9.87. The Kier molecular flexibility index (Phi) is 5.64. The molecule has 0 aromatic heterocycles. The van der Waals surface area contributed by atoms with Crippen molar-refractivity contribution in [2.75, 3.05) is 0 Å². The number of ether oxygens (including phenoxy) is 1. The van der Waals surface area contributed by atoms with Crippen LogP contribution in [-0.4, -0.2) is 17.2 Å². The van der Waals surface area contributed by atoms with Crippen LogP contribution < -0.4 is 4.74 Å². The molecular weight excluding hydrogens is 345 g/mol. The second-order valence-corrected chi connectivity index (χ2v) is 7.12. The molecule has 0 saturated heterocycles. The molecule has 0 aliphatic heterocycles. The van der Waals surface area contributed by atoms with Gasteiger partial charge in [-0.15, -0.1) is 0 Å². The molecule has 3 nitrogen and oxygen atoms in total. The van der Waals surface area contributed by atoms with Crippen LogP contribution in [0, 0.1) is 0 Å². The Labute approximate surface area is 150 Å². The summed E-state index contributed by atoms with van der Waals surface area (Å²) in [7, 11) is 0. The minimum Gasteiger partial charge on any atom is -0.478 e. The SMILES string of the molecule is CC(C)(C)c1ccc(O[C@H](Cc2cccc(C(F)(F)F)c2)C(=O)O)cc1. The van der Waals surface area contributed by atoms with Gasteiger partial charge in [-0.25, -0.2) is 4.79 Å². The van der Waals surface area contributed by atoms with E-state index < -0.39 is 23.8 Å². The Morgan fingerprint density at radius 3 is 2.15 bits per heavy atom. The predicted molar refractivity (Wildman–Crippen MR) is 92.3 cm³/mol. The molecule has 26 heavy (non-hydrogen) atoms. The van der Waals surface area contributed by atoms with Crippen LogP contribution in [0.3, 0.4) is 0 Å². The highest BCUT2D eigenvalue weighted by molar-refractivity contribution is 5.73. The maximum atomic E-state index is 12.8. The van der Waals surface area contributed by atoms with Gasteiger partial charge in [-0.1, -0.05) is 51.1 Å². The molecule has 0 aliphatic rings. The summed E-state index contributed by atoms with van der Waals surface area (Å²) in [6.45, 7) is 6.16. The highest BCUT2D eigenvalue weighted by atomic mass is 19.4. The third kappa shape index (κ3) is 5.25. The quantitative estimate of drug-likeness (QED) is 0.803. The zero-order valence-corrected chi connectivity index (χ0v) is 14.8. The van der Waals surface area contributed by atoms with E-state index in [1.807, 2.05) is 12.1 Å². The first kappa shape index (κ1) is 19.8. The molecule has 2 rings (SSSR count). The molecule has 0 bridgehead atoms. The van der Waals surface area contributed by atoms with Crippen molar-refractivity contribution in [3.63, 3.8) is 0 Å². The standard InChI is InChI=1S/C20H21F3O3/c1-19(2,3)14-7-9-16(10-8-14)26-17(18(24)25)12-13-5-4-6-15(11-13)20(21,22)23/h4-11,17H,12H2,1-3H3,(H,24,25)/t17-/m1/s1. The Morgan fingerprint density at radius 1 is 1.04 bits per heavy atom. The zero-order chi connectivity index (χ0) is 19.5. The topological polar surface area (TPSA) is 46.5 Å². The molecule has 1 atom stereocenters. The first-order valence-corrected chi connectivity index (χ1v) is 8.13. The third-order valence-corrected chi connectivity index (χ3v) is 3.95. The highest BCUT2D eigenvalue weighted by Crippen LogP contribution is 2.30. The van der Waals surface area contributed by atoms with Gasteiger partial charge in [-0.3, -0.25) is 0 Å². The van der Waals surface area contributed by atoms with E-state index in [0.29, 0.717) is 5.75 Å². The van der Waals surface area contributed by atoms with E-state index in [-0.39, 0.29) is 17.4 Å². The maximum Gasteiger partial charge on any atom is 0.416 e. The van der Waals surface area contributed by atoms with Crippen LogP contribution in [-0.2, 0) is 22.8 Å². The molecule has 0 spiro atoms. The van der Waals surface area contributed by atoms with Crippen molar-refractivity contribution in [3.8, 4) is 5.75 Å². The van der Waals surface area contributed by atoms with E-state index >= 15 is 0 Å². The first-order valence-electron chi connectivity index (χ1n) is 8.13. The molecule has 6 heteroatoms. The van der Waals surface area contributed by atoms with Gasteiger partial charge in [0.25, 0.3) is 0 Å². The summed E-state index contributed by atoms with van der Waals surface area (Å²) in [5.41, 5.74) is 0.449. The highest BCUT2D eigenvalue weighted by Gasteiger charge is 2.31. The van der Waals surface area contributed by atoms with E-state index in [9.17, 15) is 23.1 Å². The molecule has 1 N–H and O–H groups in total. The van der Waals surface area contributed by atoms with Gasteiger partial charge in [-0.05, 0) is 34.7 Å². The molecule has 0 radical (unpaired) electrons. The van der Waals surface area contributed by atoms with E-state index in [0.717, 1.165) is 17.7 Å². The van der Waals surface area contributed by atoms with Crippen molar-refractivity contribution in [1.82, 2.24) is 0 Å². The number of carbonyl (C=O) groups is 1. The van der Waals surface area contributed by atoms with Gasteiger partial charge in [0.2, 0.25) is 0 Å². The van der Waals surface area contributed by atoms with Crippen molar-refractivity contribution in [1.29, 1.82) is 0 Å². The summed E-state index contributed by atoms with van der Waals surface area (Å²) in [6, 6.07) is 11.6. The molecule has 2 aromatic rings. The smallest absolute Gasteiger partial charge is 0.416 e. The fourth-order valence-corrected chi connectivity index (χ4v) is 2.47. The van der Waals surface area contributed by atoms with Gasteiger partial charge in [0, 0.05) is 6.42 Å². The zero-order valence-electron chi connectivity index (χ0n) is 14.8. The second kappa shape index (κ2) is 7.40. The van der Waals surface area contributed by atoms with Crippen molar-refractivity contribution in [2.24, 2.45) is 0 Å². The van der Waals surface area contributed by atoms with Gasteiger partial charge in [0.05, 0.1) is 5.56 Å². The van der Waals surface area contributed by atoms with Gasteiger partial charge >= 0.3 is 12.1 Å². The minimum absolute atomic E-state index is 0.0528. The number of rotatable bonds is 5. The molecule has 0 aliphatic carbocycles. The predicted octanol–water partition coefficient (Wildman–Crippen LogP) is 5.08. The number of halogens is 3. The van der Waals surface area contributed by atoms with Gasteiger partial charge < -0.3 is 9.84 Å². The molecule has 0 unspecified atom stereocenters. The van der Waals surface area contributed by atoms with Crippen molar-refractivity contribution < 1.29 is 27.8 Å². The summed E-state index contributed by atoms with van der Waals surface area (Å²) in [6.07, 6.45) is -5.92. The van der Waals surface area contributed by atoms with Crippen molar-refractivity contribution >= 4 is 5.97 Å². The number of hydrogen-bond acceptors (Lipinski definition) is 2. The van der Waals surface area contributed by atoms with Crippen molar-refractivity contribution in [2.45, 2.75) is 44.9 Å². The van der Waals surface area contributed by atoms with E-state index in [4.69, 9.17) is 4.74 Å².